The smallest absolute Gasteiger partial charge is 0.256 e. The largest absolute Gasteiger partial charge is 0.327 e. The minimum absolute atomic E-state index is 0.130. The van der Waals surface area contributed by atoms with E-state index in [2.05, 4.69) is 15.0 Å². The van der Waals surface area contributed by atoms with Crippen molar-refractivity contribution in [1.82, 2.24) is 19.9 Å². The van der Waals surface area contributed by atoms with Crippen LogP contribution in [-0.4, -0.2) is 25.8 Å². The highest BCUT2D eigenvalue weighted by atomic mass is 35.5. The molecule has 148 valence electrons. The summed E-state index contributed by atoms with van der Waals surface area (Å²) < 4.78 is 0. The van der Waals surface area contributed by atoms with E-state index in [1.54, 1.807) is 29.7 Å². The Balaban J connectivity index is 1.63. The summed E-state index contributed by atoms with van der Waals surface area (Å²) >= 11 is 5.99. The molecule has 0 aliphatic rings. The van der Waals surface area contributed by atoms with Crippen molar-refractivity contribution in [3.8, 4) is 11.1 Å². The third-order valence-electron chi connectivity index (χ3n) is 4.61. The first-order valence-electron chi connectivity index (χ1n) is 9.49. The number of pyridine rings is 3. The Bertz CT molecular complexity index is 1080. The van der Waals surface area contributed by atoms with Gasteiger partial charge in [0.1, 0.15) is 0 Å². The van der Waals surface area contributed by atoms with Gasteiger partial charge < -0.3 is 4.90 Å². The fourth-order valence-electron chi connectivity index (χ4n) is 3.11. The predicted octanol–water partition coefficient (Wildman–Crippen LogP) is 5.03. The highest BCUT2D eigenvalue weighted by molar-refractivity contribution is 6.30. The van der Waals surface area contributed by atoms with Gasteiger partial charge in [-0.25, -0.2) is 0 Å². The van der Waals surface area contributed by atoms with Gasteiger partial charge in [0.15, 0.2) is 0 Å². The molecule has 0 N–H and O–H groups in total. The van der Waals surface area contributed by atoms with Crippen molar-refractivity contribution in [1.29, 1.82) is 0 Å². The number of hydrogen-bond acceptors (Lipinski definition) is 4. The zero-order valence-electron chi connectivity index (χ0n) is 16.1. The number of halogens is 1. The van der Waals surface area contributed by atoms with E-state index >= 15 is 0 Å². The predicted molar refractivity (Wildman–Crippen MR) is 117 cm³/mol. The van der Waals surface area contributed by atoms with Crippen molar-refractivity contribution < 1.29 is 4.79 Å². The van der Waals surface area contributed by atoms with Gasteiger partial charge in [-0.15, -0.1) is 0 Å². The van der Waals surface area contributed by atoms with Gasteiger partial charge in [0.25, 0.3) is 5.91 Å². The summed E-state index contributed by atoms with van der Waals surface area (Å²) in [6, 6.07) is 20.6. The Morgan fingerprint density at radius 3 is 2.00 bits per heavy atom. The summed E-state index contributed by atoms with van der Waals surface area (Å²) in [5.41, 5.74) is 3.93. The number of hydrogen-bond donors (Lipinski definition) is 0. The average molecular weight is 415 g/mol. The number of benzene rings is 1. The molecule has 30 heavy (non-hydrogen) atoms. The molecule has 0 aliphatic heterocycles. The van der Waals surface area contributed by atoms with Crippen LogP contribution in [0.25, 0.3) is 11.1 Å². The summed E-state index contributed by atoms with van der Waals surface area (Å²) in [5.74, 6) is -0.130. The maximum atomic E-state index is 13.4. The van der Waals surface area contributed by atoms with E-state index in [4.69, 9.17) is 11.6 Å². The van der Waals surface area contributed by atoms with Crippen LogP contribution < -0.4 is 0 Å². The van der Waals surface area contributed by atoms with Gasteiger partial charge in [-0.05, 0) is 48.0 Å². The number of rotatable bonds is 6. The molecule has 0 bridgehead atoms. The second-order valence-electron chi connectivity index (χ2n) is 6.77. The molecule has 0 radical (unpaired) electrons. The van der Waals surface area contributed by atoms with Crippen molar-refractivity contribution in [2.24, 2.45) is 0 Å². The van der Waals surface area contributed by atoms with E-state index in [1.807, 2.05) is 66.7 Å². The molecule has 0 unspecified atom stereocenters. The molecule has 3 aromatic heterocycles. The Kier molecular flexibility index (Phi) is 6.11. The van der Waals surface area contributed by atoms with Crippen molar-refractivity contribution in [2.75, 3.05) is 0 Å². The van der Waals surface area contributed by atoms with Crippen molar-refractivity contribution in [2.45, 2.75) is 13.1 Å². The molecule has 1 amide bonds. The molecule has 1 aromatic carbocycles. The third kappa shape index (κ3) is 4.88. The average Bonchev–Trinajstić information content (AvgIpc) is 2.80. The Morgan fingerprint density at radius 1 is 0.800 bits per heavy atom. The summed E-state index contributed by atoms with van der Waals surface area (Å²) in [6.45, 7) is 0.753. The monoisotopic (exact) mass is 414 g/mol. The molecule has 4 aromatic rings. The van der Waals surface area contributed by atoms with Gasteiger partial charge in [0.05, 0.1) is 30.0 Å². The Hall–Kier alpha value is -3.57. The molecule has 6 heteroatoms. The Labute approximate surface area is 180 Å². The first-order valence-corrected chi connectivity index (χ1v) is 9.87. The van der Waals surface area contributed by atoms with Crippen LogP contribution in [0.15, 0.2) is 91.5 Å². The molecular weight excluding hydrogens is 396 g/mol. The zero-order chi connectivity index (χ0) is 20.8. The second-order valence-corrected chi connectivity index (χ2v) is 7.21. The lowest BCUT2D eigenvalue weighted by Crippen LogP contribution is -2.31. The molecule has 4 rings (SSSR count). The van der Waals surface area contributed by atoms with Crippen molar-refractivity contribution in [3.05, 3.63) is 113 Å². The van der Waals surface area contributed by atoms with Gasteiger partial charge in [-0.2, -0.15) is 0 Å². The molecule has 0 aliphatic carbocycles. The molecule has 5 nitrogen and oxygen atoms in total. The normalized spacial score (nSPS) is 10.6. The van der Waals surface area contributed by atoms with Crippen LogP contribution in [0.4, 0.5) is 0 Å². The number of nitrogens with zero attached hydrogens (tertiary/aromatic N) is 4. The quantitative estimate of drug-likeness (QED) is 0.443. The van der Waals surface area contributed by atoms with Crippen LogP contribution in [0.1, 0.15) is 21.7 Å². The van der Waals surface area contributed by atoms with E-state index in [1.165, 1.54) is 0 Å². The summed E-state index contributed by atoms with van der Waals surface area (Å²) in [4.78, 5) is 28.2. The van der Waals surface area contributed by atoms with Crippen molar-refractivity contribution in [3.63, 3.8) is 0 Å². The topological polar surface area (TPSA) is 59.0 Å². The third-order valence-corrected chi connectivity index (χ3v) is 4.86. The van der Waals surface area contributed by atoms with Gasteiger partial charge >= 0.3 is 0 Å². The maximum Gasteiger partial charge on any atom is 0.256 e. The highest BCUT2D eigenvalue weighted by Gasteiger charge is 2.19. The number of carbonyl (C=O) groups is 1. The molecule has 0 saturated carbocycles. The van der Waals surface area contributed by atoms with Gasteiger partial charge in [0.2, 0.25) is 0 Å². The highest BCUT2D eigenvalue weighted by Crippen LogP contribution is 2.22. The summed E-state index contributed by atoms with van der Waals surface area (Å²) in [7, 11) is 0. The molecule has 0 saturated heterocycles. The number of carbonyl (C=O) groups excluding carboxylic acids is 1. The lowest BCUT2D eigenvalue weighted by molar-refractivity contribution is 0.0725. The number of aromatic nitrogens is 3. The van der Waals surface area contributed by atoms with E-state index in [0.29, 0.717) is 23.7 Å². The second kappa shape index (κ2) is 9.29. The van der Waals surface area contributed by atoms with Gasteiger partial charge in [-0.1, -0.05) is 35.9 Å². The minimum Gasteiger partial charge on any atom is -0.327 e. The lowest BCUT2D eigenvalue weighted by atomic mass is 10.1. The molecule has 0 atom stereocenters. The maximum absolute atomic E-state index is 13.4. The van der Waals surface area contributed by atoms with Crippen LogP contribution in [-0.2, 0) is 13.1 Å². The van der Waals surface area contributed by atoms with Crippen LogP contribution in [0.3, 0.4) is 0 Å². The SMILES string of the molecule is O=C(c1cncc(-c2ccc(Cl)cc2)c1)N(Cc1ccccn1)Cc1ccccn1. The van der Waals surface area contributed by atoms with E-state index in [9.17, 15) is 4.79 Å². The van der Waals surface area contributed by atoms with Crippen LogP contribution in [0.2, 0.25) is 5.02 Å². The van der Waals surface area contributed by atoms with Crippen LogP contribution in [0, 0.1) is 0 Å². The fourth-order valence-corrected chi connectivity index (χ4v) is 3.24. The molecule has 3 heterocycles. The summed E-state index contributed by atoms with van der Waals surface area (Å²) in [5, 5.41) is 0.663. The molecule has 0 fully saturated rings. The van der Waals surface area contributed by atoms with Gasteiger partial charge in [0, 0.05) is 35.4 Å². The molecule has 0 spiro atoms. The van der Waals surface area contributed by atoms with Crippen LogP contribution in [0.5, 0.6) is 0 Å². The molecular formula is C24H19ClN4O. The Morgan fingerprint density at radius 2 is 1.43 bits per heavy atom. The fraction of sp³-hybridized carbons (Fsp3) is 0.0833. The van der Waals surface area contributed by atoms with Crippen LogP contribution >= 0.6 is 11.6 Å². The summed E-state index contributed by atoms with van der Waals surface area (Å²) in [6.07, 6.45) is 6.77. The standard InChI is InChI=1S/C24H19ClN4O/c25-21-9-7-18(8-10-21)19-13-20(15-26-14-19)24(30)29(16-22-5-1-3-11-27-22)17-23-6-2-4-12-28-23/h1-15H,16-17H2. The minimum atomic E-state index is -0.130. The lowest BCUT2D eigenvalue weighted by Gasteiger charge is -2.22. The van der Waals surface area contributed by atoms with E-state index in [-0.39, 0.29) is 5.91 Å². The number of amides is 1. The van der Waals surface area contributed by atoms with Crippen molar-refractivity contribution >= 4 is 17.5 Å². The van der Waals surface area contributed by atoms with Gasteiger partial charge in [-0.3, -0.25) is 19.7 Å². The first kappa shape index (κ1) is 19.7. The van der Waals surface area contributed by atoms with E-state index < -0.39 is 0 Å². The van der Waals surface area contributed by atoms with E-state index in [0.717, 1.165) is 22.5 Å². The first-order chi connectivity index (χ1) is 14.7. The zero-order valence-corrected chi connectivity index (χ0v) is 16.9.